The predicted molar refractivity (Wildman–Crippen MR) is 85.2 cm³/mol. The fraction of sp³-hybridized carbons (Fsp3) is 0.625. The maximum absolute atomic E-state index is 9.13. The van der Waals surface area contributed by atoms with Gasteiger partial charge >= 0.3 is 0 Å². The summed E-state index contributed by atoms with van der Waals surface area (Å²) in [5.74, 6) is 0.684. The summed E-state index contributed by atoms with van der Waals surface area (Å²) in [6.45, 7) is 9.97. The molecule has 0 saturated carbocycles. The molecule has 0 aliphatic carbocycles. The molecule has 0 unspecified atom stereocenters. The summed E-state index contributed by atoms with van der Waals surface area (Å²) < 4.78 is 0. The number of hydrogen-bond donors (Lipinski definition) is 1. The van der Waals surface area contributed by atoms with Crippen molar-refractivity contribution in [1.82, 2.24) is 14.8 Å². The molecule has 1 aliphatic rings. The molecular weight excluding hydrogens is 262 g/mol. The average Bonchev–Trinajstić information content (AvgIpc) is 2.47. The third-order valence-corrected chi connectivity index (χ3v) is 4.03. The van der Waals surface area contributed by atoms with Gasteiger partial charge in [0.2, 0.25) is 0 Å². The van der Waals surface area contributed by atoms with Crippen LogP contribution in [0, 0.1) is 11.3 Å². The van der Waals surface area contributed by atoms with Crippen LogP contribution in [0.25, 0.3) is 0 Å². The van der Waals surface area contributed by atoms with Gasteiger partial charge in [0.05, 0.1) is 5.56 Å². The molecule has 0 bridgehead atoms. The summed E-state index contributed by atoms with van der Waals surface area (Å²) >= 11 is 0. The molecule has 0 spiro atoms. The van der Waals surface area contributed by atoms with E-state index in [-0.39, 0.29) is 5.54 Å². The van der Waals surface area contributed by atoms with Crippen molar-refractivity contribution in [3.63, 3.8) is 0 Å². The van der Waals surface area contributed by atoms with Crippen LogP contribution in [-0.4, -0.2) is 60.1 Å². The molecule has 1 N–H and O–H groups in total. The minimum absolute atomic E-state index is 0.0801. The van der Waals surface area contributed by atoms with Gasteiger partial charge in [0.1, 0.15) is 11.9 Å². The van der Waals surface area contributed by atoms with Crippen LogP contribution in [0.3, 0.4) is 0 Å². The van der Waals surface area contributed by atoms with Crippen LogP contribution in [0.4, 0.5) is 5.82 Å². The number of nitrogens with one attached hydrogen (secondary N) is 1. The minimum atomic E-state index is -0.0801. The number of likely N-dealkylation sites (N-methyl/N-ethyl adjacent to an activating group) is 1. The second kappa shape index (κ2) is 6.88. The normalized spacial score (nSPS) is 17.4. The van der Waals surface area contributed by atoms with Crippen molar-refractivity contribution in [1.29, 1.82) is 5.26 Å². The van der Waals surface area contributed by atoms with Gasteiger partial charge in [0, 0.05) is 44.5 Å². The first-order valence-corrected chi connectivity index (χ1v) is 7.54. The number of rotatable bonds is 5. The van der Waals surface area contributed by atoms with Crippen molar-refractivity contribution in [3.05, 3.63) is 23.9 Å². The second-order valence-corrected chi connectivity index (χ2v) is 6.42. The first-order chi connectivity index (χ1) is 10.00. The summed E-state index contributed by atoms with van der Waals surface area (Å²) in [5.41, 5.74) is 0.522. The molecule has 0 aromatic carbocycles. The Hall–Kier alpha value is -1.64. The van der Waals surface area contributed by atoms with E-state index in [1.807, 2.05) is 0 Å². The van der Waals surface area contributed by atoms with Gasteiger partial charge in [-0.3, -0.25) is 0 Å². The van der Waals surface area contributed by atoms with E-state index in [4.69, 9.17) is 5.26 Å². The summed E-state index contributed by atoms with van der Waals surface area (Å²) in [6.07, 6.45) is 2.75. The van der Waals surface area contributed by atoms with Crippen LogP contribution in [-0.2, 0) is 0 Å². The van der Waals surface area contributed by atoms with Gasteiger partial charge in [0.15, 0.2) is 0 Å². The third kappa shape index (κ3) is 4.69. The number of aromatic nitrogens is 1. The Morgan fingerprint density at radius 3 is 2.71 bits per heavy atom. The van der Waals surface area contributed by atoms with E-state index >= 15 is 0 Å². The van der Waals surface area contributed by atoms with E-state index in [0.717, 1.165) is 39.1 Å². The lowest BCUT2D eigenvalue weighted by Gasteiger charge is -2.35. The Kier molecular flexibility index (Phi) is 5.16. The first kappa shape index (κ1) is 15.7. The van der Waals surface area contributed by atoms with Gasteiger partial charge in [0.25, 0.3) is 0 Å². The zero-order valence-electron chi connectivity index (χ0n) is 13.3. The number of anilines is 1. The van der Waals surface area contributed by atoms with Crippen LogP contribution < -0.4 is 5.32 Å². The number of piperazine rings is 1. The Bertz CT molecular complexity index is 498. The molecule has 1 aromatic rings. The van der Waals surface area contributed by atoms with Crippen LogP contribution in [0.5, 0.6) is 0 Å². The van der Waals surface area contributed by atoms with Crippen molar-refractivity contribution < 1.29 is 0 Å². The molecule has 21 heavy (non-hydrogen) atoms. The Labute approximate surface area is 127 Å². The monoisotopic (exact) mass is 287 g/mol. The van der Waals surface area contributed by atoms with E-state index in [2.05, 4.69) is 47.1 Å². The highest BCUT2D eigenvalue weighted by Crippen LogP contribution is 2.20. The van der Waals surface area contributed by atoms with E-state index in [1.165, 1.54) is 0 Å². The molecule has 0 amide bonds. The van der Waals surface area contributed by atoms with Gasteiger partial charge in [-0.1, -0.05) is 0 Å². The molecule has 1 aliphatic heterocycles. The summed E-state index contributed by atoms with van der Waals surface area (Å²) in [6, 6.07) is 5.78. The van der Waals surface area contributed by atoms with Crippen molar-refractivity contribution in [2.75, 3.05) is 45.1 Å². The van der Waals surface area contributed by atoms with Crippen LogP contribution in [0.1, 0.15) is 25.8 Å². The fourth-order valence-electron chi connectivity index (χ4n) is 2.49. The standard InChI is InChI=1S/C16H25N5/c1-16(2,6-8-21-11-9-20(3)10-12-21)19-15-14(13-17)5-4-7-18-15/h4-5,7H,6,8-12H2,1-3H3,(H,18,19). The summed E-state index contributed by atoms with van der Waals surface area (Å²) in [7, 11) is 2.17. The van der Waals surface area contributed by atoms with E-state index < -0.39 is 0 Å². The third-order valence-electron chi connectivity index (χ3n) is 4.03. The highest BCUT2D eigenvalue weighted by molar-refractivity contribution is 5.52. The van der Waals surface area contributed by atoms with Gasteiger partial charge < -0.3 is 15.1 Å². The lowest BCUT2D eigenvalue weighted by Crippen LogP contribution is -2.46. The number of hydrogen-bond acceptors (Lipinski definition) is 5. The number of nitriles is 1. The predicted octanol–water partition coefficient (Wildman–Crippen LogP) is 1.78. The molecule has 2 heterocycles. The molecule has 0 atom stereocenters. The van der Waals surface area contributed by atoms with E-state index in [1.54, 1.807) is 18.3 Å². The van der Waals surface area contributed by atoms with E-state index in [0.29, 0.717) is 11.4 Å². The lowest BCUT2D eigenvalue weighted by molar-refractivity contribution is 0.147. The van der Waals surface area contributed by atoms with Crippen molar-refractivity contribution in [3.8, 4) is 6.07 Å². The molecule has 2 rings (SSSR count). The van der Waals surface area contributed by atoms with Crippen molar-refractivity contribution in [2.24, 2.45) is 0 Å². The van der Waals surface area contributed by atoms with Crippen LogP contribution in [0.2, 0.25) is 0 Å². The maximum atomic E-state index is 9.13. The first-order valence-electron chi connectivity index (χ1n) is 7.54. The molecule has 1 saturated heterocycles. The average molecular weight is 287 g/mol. The summed E-state index contributed by atoms with van der Waals surface area (Å²) in [4.78, 5) is 9.16. The van der Waals surface area contributed by atoms with Gasteiger partial charge in [-0.05, 0) is 39.4 Å². The Morgan fingerprint density at radius 1 is 1.33 bits per heavy atom. The number of nitrogens with zero attached hydrogens (tertiary/aromatic N) is 4. The van der Waals surface area contributed by atoms with Crippen LogP contribution >= 0.6 is 0 Å². The van der Waals surface area contributed by atoms with Crippen LogP contribution in [0.15, 0.2) is 18.3 Å². The van der Waals surface area contributed by atoms with Gasteiger partial charge in [-0.2, -0.15) is 5.26 Å². The van der Waals surface area contributed by atoms with Gasteiger partial charge in [-0.15, -0.1) is 0 Å². The highest BCUT2D eigenvalue weighted by Gasteiger charge is 2.22. The minimum Gasteiger partial charge on any atom is -0.364 e. The lowest BCUT2D eigenvalue weighted by atomic mass is 9.99. The fourth-order valence-corrected chi connectivity index (χ4v) is 2.49. The SMILES string of the molecule is CN1CCN(CCC(C)(C)Nc2ncccc2C#N)CC1. The Balaban J connectivity index is 1.88. The highest BCUT2D eigenvalue weighted by atomic mass is 15.2. The zero-order valence-corrected chi connectivity index (χ0v) is 13.3. The number of pyridine rings is 1. The maximum Gasteiger partial charge on any atom is 0.144 e. The molecular formula is C16H25N5. The second-order valence-electron chi connectivity index (χ2n) is 6.42. The smallest absolute Gasteiger partial charge is 0.144 e. The van der Waals surface area contributed by atoms with E-state index in [9.17, 15) is 0 Å². The quantitative estimate of drug-likeness (QED) is 0.894. The zero-order chi connectivity index (χ0) is 15.3. The summed E-state index contributed by atoms with van der Waals surface area (Å²) in [5, 5.41) is 12.5. The molecule has 1 aromatic heterocycles. The molecule has 1 fully saturated rings. The van der Waals surface area contributed by atoms with Crippen molar-refractivity contribution in [2.45, 2.75) is 25.8 Å². The molecule has 5 heteroatoms. The topological polar surface area (TPSA) is 55.2 Å². The molecule has 0 radical (unpaired) electrons. The Morgan fingerprint density at radius 2 is 2.05 bits per heavy atom. The van der Waals surface area contributed by atoms with Gasteiger partial charge in [-0.25, -0.2) is 4.98 Å². The van der Waals surface area contributed by atoms with Crippen molar-refractivity contribution >= 4 is 5.82 Å². The molecule has 114 valence electrons. The molecule has 5 nitrogen and oxygen atoms in total. The largest absolute Gasteiger partial charge is 0.364 e.